The largest absolute Gasteiger partial charge is 0.293 e. The lowest BCUT2D eigenvalue weighted by molar-refractivity contribution is 0.0992. The highest BCUT2D eigenvalue weighted by molar-refractivity contribution is 7.17. The zero-order chi connectivity index (χ0) is 12.4. The zero-order valence-electron chi connectivity index (χ0n) is 9.79. The first-order chi connectivity index (χ1) is 8.13. The van der Waals surface area contributed by atoms with Crippen LogP contribution in [0.2, 0.25) is 0 Å². The summed E-state index contributed by atoms with van der Waals surface area (Å²) < 4.78 is 13.7. The van der Waals surface area contributed by atoms with Crippen molar-refractivity contribution in [3.05, 3.63) is 46.6 Å². The molecule has 3 heteroatoms. The van der Waals surface area contributed by atoms with Crippen LogP contribution in [0.3, 0.4) is 0 Å². The Bertz CT molecular complexity index is 557. The van der Waals surface area contributed by atoms with Crippen molar-refractivity contribution < 1.29 is 9.18 Å². The Labute approximate surface area is 104 Å². The monoisotopic (exact) mass is 248 g/mol. The smallest absolute Gasteiger partial charge is 0.172 e. The van der Waals surface area contributed by atoms with Crippen LogP contribution in [0.25, 0.3) is 10.4 Å². The summed E-state index contributed by atoms with van der Waals surface area (Å²) >= 11 is 1.37. The molecular formula is C14H13FOS. The Morgan fingerprint density at radius 1 is 1.35 bits per heavy atom. The first-order valence-corrected chi connectivity index (χ1v) is 6.33. The normalized spacial score (nSPS) is 10.5. The maximum atomic E-state index is 13.7. The molecule has 0 atom stereocenters. The molecule has 0 saturated heterocycles. The summed E-state index contributed by atoms with van der Waals surface area (Å²) in [6.45, 7) is 3.74. The van der Waals surface area contributed by atoms with Gasteiger partial charge in [-0.1, -0.05) is 25.1 Å². The molecule has 88 valence electrons. The number of thiophene rings is 1. The Morgan fingerprint density at radius 3 is 2.71 bits per heavy atom. The average molecular weight is 248 g/mol. The van der Waals surface area contributed by atoms with E-state index in [2.05, 4.69) is 0 Å². The van der Waals surface area contributed by atoms with Crippen molar-refractivity contribution in [2.75, 3.05) is 0 Å². The third-order valence-electron chi connectivity index (χ3n) is 2.63. The summed E-state index contributed by atoms with van der Waals surface area (Å²) in [5, 5.41) is 0. The molecule has 1 aromatic carbocycles. The molecule has 1 nitrogen and oxygen atoms in total. The van der Waals surface area contributed by atoms with Gasteiger partial charge in [-0.25, -0.2) is 4.39 Å². The van der Waals surface area contributed by atoms with E-state index in [4.69, 9.17) is 0 Å². The maximum Gasteiger partial charge on any atom is 0.172 e. The molecule has 0 saturated carbocycles. The summed E-state index contributed by atoms with van der Waals surface area (Å²) in [6, 6.07) is 8.50. The lowest BCUT2D eigenvalue weighted by Crippen LogP contribution is -1.90. The second kappa shape index (κ2) is 4.80. The summed E-state index contributed by atoms with van der Waals surface area (Å²) in [5.74, 6) is -0.131. The van der Waals surface area contributed by atoms with Crippen LogP contribution in [0.1, 0.15) is 28.6 Å². The number of halogens is 1. The van der Waals surface area contributed by atoms with Crippen LogP contribution in [0.5, 0.6) is 0 Å². The molecule has 0 amide bonds. The number of Topliss-reactive ketones (excluding diaryl/α,β-unsaturated/α-hetero) is 1. The molecule has 17 heavy (non-hydrogen) atoms. The van der Waals surface area contributed by atoms with Crippen molar-refractivity contribution in [3.63, 3.8) is 0 Å². The van der Waals surface area contributed by atoms with E-state index < -0.39 is 0 Å². The average Bonchev–Trinajstić information content (AvgIpc) is 2.71. The van der Waals surface area contributed by atoms with Crippen molar-refractivity contribution >= 4 is 17.1 Å². The molecule has 0 aliphatic rings. The van der Waals surface area contributed by atoms with Gasteiger partial charge in [0.1, 0.15) is 5.82 Å². The molecule has 1 aromatic heterocycles. The van der Waals surface area contributed by atoms with Gasteiger partial charge in [-0.05, 0) is 24.6 Å². The molecule has 0 fully saturated rings. The van der Waals surface area contributed by atoms with E-state index in [1.165, 1.54) is 17.4 Å². The fourth-order valence-corrected chi connectivity index (χ4v) is 2.92. The summed E-state index contributed by atoms with van der Waals surface area (Å²) in [4.78, 5) is 13.2. The third kappa shape index (κ3) is 2.29. The van der Waals surface area contributed by atoms with Gasteiger partial charge >= 0.3 is 0 Å². The van der Waals surface area contributed by atoms with E-state index in [9.17, 15) is 9.18 Å². The highest BCUT2D eigenvalue weighted by Gasteiger charge is 2.14. The number of carbonyl (C=O) groups is 1. The van der Waals surface area contributed by atoms with E-state index in [1.807, 2.05) is 19.9 Å². The van der Waals surface area contributed by atoms with Gasteiger partial charge in [0.2, 0.25) is 0 Å². The number of carbonyl (C=O) groups excluding carboxylic acids is 1. The van der Waals surface area contributed by atoms with Gasteiger partial charge in [0.25, 0.3) is 0 Å². The van der Waals surface area contributed by atoms with Crippen molar-refractivity contribution in [1.82, 2.24) is 0 Å². The van der Waals surface area contributed by atoms with E-state index in [0.717, 1.165) is 10.4 Å². The third-order valence-corrected chi connectivity index (χ3v) is 3.94. The zero-order valence-corrected chi connectivity index (χ0v) is 10.6. The molecule has 2 aromatic rings. The molecule has 0 unspecified atom stereocenters. The fourth-order valence-electron chi connectivity index (χ4n) is 1.71. The van der Waals surface area contributed by atoms with E-state index in [0.29, 0.717) is 16.9 Å². The predicted molar refractivity (Wildman–Crippen MR) is 69.1 cm³/mol. The molecule has 0 N–H and O–H groups in total. The summed E-state index contributed by atoms with van der Waals surface area (Å²) in [7, 11) is 0. The molecule has 0 bridgehead atoms. The first-order valence-electron chi connectivity index (χ1n) is 5.52. The number of ketones is 1. The minimum Gasteiger partial charge on any atom is -0.293 e. The van der Waals surface area contributed by atoms with Gasteiger partial charge in [0.15, 0.2) is 5.78 Å². The minimum atomic E-state index is -0.243. The molecule has 0 radical (unpaired) electrons. The lowest BCUT2D eigenvalue weighted by atomic mass is 10.1. The second-order valence-corrected chi connectivity index (χ2v) is 4.93. The highest BCUT2D eigenvalue weighted by atomic mass is 32.1. The van der Waals surface area contributed by atoms with Crippen LogP contribution < -0.4 is 0 Å². The molecule has 0 spiro atoms. The topological polar surface area (TPSA) is 17.1 Å². The van der Waals surface area contributed by atoms with Crippen molar-refractivity contribution in [2.45, 2.75) is 20.3 Å². The molecular weight excluding hydrogens is 235 g/mol. The molecule has 0 aliphatic heterocycles. The first kappa shape index (κ1) is 12.0. The van der Waals surface area contributed by atoms with Crippen LogP contribution in [0.4, 0.5) is 4.39 Å². The number of hydrogen-bond acceptors (Lipinski definition) is 2. The number of aryl methyl sites for hydroxylation is 1. The molecule has 2 rings (SSSR count). The van der Waals surface area contributed by atoms with E-state index in [-0.39, 0.29) is 11.6 Å². The summed E-state index contributed by atoms with van der Waals surface area (Å²) in [5.41, 5.74) is 1.53. The number of hydrogen-bond donors (Lipinski definition) is 0. The Balaban J connectivity index is 2.50. The number of benzene rings is 1. The second-order valence-electron chi connectivity index (χ2n) is 3.88. The lowest BCUT2D eigenvalue weighted by Gasteiger charge is -2.00. The quantitative estimate of drug-likeness (QED) is 0.733. The minimum absolute atomic E-state index is 0.112. The SMILES string of the molecule is CCC(=O)c1cc(C)c(-c2ccccc2F)s1. The van der Waals surface area contributed by atoms with Gasteiger partial charge in [0.05, 0.1) is 4.88 Å². The van der Waals surface area contributed by atoms with E-state index in [1.54, 1.807) is 18.2 Å². The van der Waals surface area contributed by atoms with Gasteiger partial charge in [0, 0.05) is 16.9 Å². The van der Waals surface area contributed by atoms with E-state index >= 15 is 0 Å². The van der Waals surface area contributed by atoms with Crippen molar-refractivity contribution in [2.24, 2.45) is 0 Å². The molecule has 1 heterocycles. The fraction of sp³-hybridized carbons (Fsp3) is 0.214. The van der Waals surface area contributed by atoms with Gasteiger partial charge in [-0.3, -0.25) is 4.79 Å². The van der Waals surface area contributed by atoms with Crippen LogP contribution in [-0.4, -0.2) is 5.78 Å². The molecule has 0 aliphatic carbocycles. The van der Waals surface area contributed by atoms with Gasteiger partial charge in [-0.2, -0.15) is 0 Å². The highest BCUT2D eigenvalue weighted by Crippen LogP contribution is 2.34. The van der Waals surface area contributed by atoms with Crippen molar-refractivity contribution in [3.8, 4) is 10.4 Å². The Hall–Kier alpha value is -1.48. The van der Waals surface area contributed by atoms with Gasteiger partial charge in [-0.15, -0.1) is 11.3 Å². The van der Waals surface area contributed by atoms with Gasteiger partial charge < -0.3 is 0 Å². The maximum absolute atomic E-state index is 13.7. The van der Waals surface area contributed by atoms with Crippen molar-refractivity contribution in [1.29, 1.82) is 0 Å². The van der Waals surface area contributed by atoms with Crippen LogP contribution >= 0.6 is 11.3 Å². The number of rotatable bonds is 3. The summed E-state index contributed by atoms with van der Waals surface area (Å²) in [6.07, 6.45) is 0.483. The Morgan fingerprint density at radius 2 is 2.06 bits per heavy atom. The Kier molecular flexibility index (Phi) is 3.38. The van der Waals surface area contributed by atoms with Crippen LogP contribution in [0, 0.1) is 12.7 Å². The van der Waals surface area contributed by atoms with Crippen LogP contribution in [-0.2, 0) is 0 Å². The predicted octanol–water partition coefficient (Wildman–Crippen LogP) is 4.46. The van der Waals surface area contributed by atoms with Crippen LogP contribution in [0.15, 0.2) is 30.3 Å². The standard InChI is InChI=1S/C14H13FOS/c1-3-12(16)13-8-9(2)14(17-13)10-6-4-5-7-11(10)15/h4-8H,3H2,1-2H3.